The molecule has 74 heavy (non-hydrogen) atoms. The zero-order chi connectivity index (χ0) is 58.6. The second-order valence-corrected chi connectivity index (χ2v) is 22.0. The van der Waals surface area contributed by atoms with Crippen LogP contribution in [0, 0.1) is 22.7 Å². The fourth-order valence-corrected chi connectivity index (χ4v) is 5.52. The van der Waals surface area contributed by atoms with Crippen molar-refractivity contribution in [3.63, 3.8) is 0 Å². The minimum atomic E-state index is -5.73. The maximum Gasteiger partial charge on any atom is 0.419 e. The first-order chi connectivity index (χ1) is 33.9. The number of nitriles is 2. The van der Waals surface area contributed by atoms with Gasteiger partial charge in [0.15, 0.2) is 8.07 Å². The van der Waals surface area contributed by atoms with Gasteiger partial charge in [0, 0.05) is 129 Å². The highest BCUT2D eigenvalue weighted by Crippen LogP contribution is 2.48. The monoisotopic (exact) mass is 1060 g/mol. The summed E-state index contributed by atoms with van der Waals surface area (Å²) in [4.78, 5) is 37.5. The zero-order valence-corrected chi connectivity index (χ0v) is 44.7. The smallest absolute Gasteiger partial charge is 0.339 e. The molecule has 0 aliphatic rings. The van der Waals surface area contributed by atoms with Gasteiger partial charge in [0.2, 0.25) is 5.54 Å². The van der Waals surface area contributed by atoms with E-state index in [9.17, 15) is 53.9 Å². The quantitative estimate of drug-likeness (QED) is 0.116. The molecule has 9 nitrogen and oxygen atoms in total. The lowest BCUT2D eigenvalue weighted by Gasteiger charge is -2.34. The lowest BCUT2D eigenvalue weighted by atomic mass is 8.53. The molecule has 32 heteroatoms. The molecule has 0 aromatic heterocycles. The van der Waals surface area contributed by atoms with Crippen LogP contribution in [0.15, 0.2) is 72.8 Å². The van der Waals surface area contributed by atoms with Crippen molar-refractivity contribution in [2.75, 3.05) is 39.3 Å². The van der Waals surface area contributed by atoms with E-state index in [1.54, 1.807) is 55.1 Å². The van der Waals surface area contributed by atoms with Crippen LogP contribution in [0.2, 0.25) is 19.6 Å². The molecule has 3 rings (SSSR count). The Hall–Kier alpha value is -4.17. The molecular weight excluding hydrogens is 1000 g/mol. The van der Waals surface area contributed by atoms with E-state index in [0.717, 1.165) is 25.2 Å². The molecule has 0 spiro atoms. The maximum absolute atomic E-state index is 12.9. The topological polar surface area (TPSA) is 143 Å². The number of benzene rings is 3. The Kier molecular flexibility index (Phi) is 35.2. The van der Waals surface area contributed by atoms with Crippen LogP contribution in [-0.2, 0) is 5.54 Å². The number of hydrogen-bond acceptors (Lipinski definition) is 7. The van der Waals surface area contributed by atoms with Gasteiger partial charge in [0.05, 0.1) is 23.3 Å². The number of carbonyl (C=O) groups is 3. The van der Waals surface area contributed by atoms with Crippen molar-refractivity contribution in [1.82, 2.24) is 15.1 Å². The summed E-state index contributed by atoms with van der Waals surface area (Å²) in [5.41, 5.74) is 1.13. The molecular formula is C42H54B12ClF9N6O3Si. The first-order valence-corrected chi connectivity index (χ1v) is 26.7. The van der Waals surface area contributed by atoms with Gasteiger partial charge in [0.25, 0.3) is 17.1 Å². The molecule has 0 unspecified atom stereocenters. The number of hydrogen-bond donors (Lipinski definition) is 2. The van der Waals surface area contributed by atoms with Crippen LogP contribution in [-0.4, -0.2) is 178 Å². The third kappa shape index (κ3) is 25.6. The van der Waals surface area contributed by atoms with Gasteiger partial charge in [-0.3, -0.25) is 14.4 Å². The molecule has 3 aromatic carbocycles. The molecule has 0 atom stereocenters. The third-order valence-corrected chi connectivity index (χ3v) is 12.1. The van der Waals surface area contributed by atoms with Crippen LogP contribution in [0.4, 0.5) is 39.5 Å². The molecule has 0 saturated carbocycles. The second-order valence-electron chi connectivity index (χ2n) is 16.6. The molecule has 0 fully saturated rings. The van der Waals surface area contributed by atoms with Gasteiger partial charge in [-0.2, -0.15) is 50.0 Å². The molecule has 0 bridgehead atoms. The van der Waals surface area contributed by atoms with Crippen LogP contribution in [0.5, 0.6) is 0 Å². The number of nitrogens with two attached hydrogens (primary N) is 1. The van der Waals surface area contributed by atoms with Crippen LogP contribution >= 0.6 is 11.6 Å². The van der Waals surface area contributed by atoms with Crippen molar-refractivity contribution in [1.29, 1.82) is 10.5 Å². The number of carbonyl (C=O) groups excluding carboxylic acids is 3. The molecule has 0 aliphatic carbocycles. The number of nitrogens with zero attached hydrogens (tertiary/aromatic N) is 4. The summed E-state index contributed by atoms with van der Waals surface area (Å²) in [7, 11) is 35.0. The molecule has 0 aliphatic heterocycles. The number of halogens is 10. The molecule has 380 valence electrons. The van der Waals surface area contributed by atoms with Gasteiger partial charge < -0.3 is 20.9 Å². The fraction of sp³-hybridized carbons (Fsp3) is 0.452. The van der Waals surface area contributed by atoms with Crippen LogP contribution in [0.3, 0.4) is 0 Å². The first-order valence-electron chi connectivity index (χ1n) is 22.8. The number of rotatable bonds is 14. The summed E-state index contributed by atoms with van der Waals surface area (Å²) in [5.74, 6) is -4.39. The van der Waals surface area contributed by atoms with Gasteiger partial charge in [-0.1, -0.05) is 45.6 Å². The van der Waals surface area contributed by atoms with Crippen molar-refractivity contribution in [2.45, 2.75) is 84.9 Å². The molecule has 2 amide bonds. The van der Waals surface area contributed by atoms with Crippen LogP contribution in [0.25, 0.3) is 0 Å². The Morgan fingerprint density at radius 3 is 1.04 bits per heavy atom. The average Bonchev–Trinajstić information content (AvgIpc) is 3.31. The van der Waals surface area contributed by atoms with E-state index in [-0.39, 0.29) is 11.5 Å². The normalized spacial score (nSPS) is 10.8. The zero-order valence-electron chi connectivity index (χ0n) is 43.0. The van der Waals surface area contributed by atoms with E-state index >= 15 is 0 Å². The Morgan fingerprint density at radius 1 is 0.581 bits per heavy atom. The SMILES string of the molecule is CCN(CC)C(=O)c1ccc(C#N)cc1.CCN(CC)C(=O)c1ccc(C(N)(C(F)(F)F)C(F)(F)F)cc1.CCNCC.C[Si](C)(C)C(F)(F)F.N#Cc1ccc(C(=O)Cl)cc1.[B]B([B])B([B])B(B([B])[B])B([B])[B]. The van der Waals surface area contributed by atoms with Gasteiger partial charge in [-0.15, -0.1) is 0 Å². The lowest BCUT2D eigenvalue weighted by molar-refractivity contribution is -0.301. The predicted octanol–water partition coefficient (Wildman–Crippen LogP) is 5.90. The van der Waals surface area contributed by atoms with E-state index in [1.807, 2.05) is 26.0 Å². The molecule has 3 aromatic rings. The Bertz CT molecular complexity index is 2150. The standard InChI is InChI=1S/C14H16F6N2O.C12H14N2O.C8H4ClNO.C4H9F3Si.C4H11N.B12/c1-3-22(4-2)11(23)9-5-7-10(8-6-9)12(21,13(15,16)17)14(18,19)20;1-3-14(4-2)12(15)11-7-5-10(9-13)6-8-11;9-8(11)7-3-1-6(5-10)2-4-7;1-8(2,3)4(5,6)7;1-3-5-4-2;1-8(2)11(7)12(9(3)4)10(5)6/h5-8H,3-4,21H2,1-2H3;5-8H,3-4H2,1-2H3;1-4H;1-3H3;5H,3-4H2,1-2H3;. The third-order valence-electron chi connectivity index (χ3n) is 10.2. The molecule has 3 N–H and O–H groups in total. The summed E-state index contributed by atoms with van der Waals surface area (Å²) >= 11 is 5.18. The average molecular weight is 1060 g/mol. The Morgan fingerprint density at radius 2 is 0.865 bits per heavy atom. The van der Waals surface area contributed by atoms with Gasteiger partial charge in [0.1, 0.15) is 0 Å². The van der Waals surface area contributed by atoms with Crippen molar-refractivity contribution in [3.8, 4) is 12.1 Å². The fourth-order valence-electron chi connectivity index (χ4n) is 5.39. The summed E-state index contributed by atoms with van der Waals surface area (Å²) < 4.78 is 112. The van der Waals surface area contributed by atoms with Crippen molar-refractivity contribution < 1.29 is 53.9 Å². The maximum atomic E-state index is 12.9. The Balaban J connectivity index is -0.000000867. The molecule has 0 saturated heterocycles. The van der Waals surface area contributed by atoms with Gasteiger partial charge >= 0.3 is 18.2 Å². The number of alkyl halides is 9. The minimum absolute atomic E-state index is 0.0100. The van der Waals surface area contributed by atoms with Crippen molar-refractivity contribution in [2.24, 2.45) is 5.73 Å². The first kappa shape index (κ1) is 74.1. The highest BCUT2D eigenvalue weighted by atomic mass is 35.5. The highest BCUT2D eigenvalue weighted by molar-refractivity contribution is 8.05. The summed E-state index contributed by atoms with van der Waals surface area (Å²) in [5, 5.41) is 19.6. The summed E-state index contributed by atoms with van der Waals surface area (Å²) in [6.45, 7) is 19.7. The predicted molar refractivity (Wildman–Crippen MR) is 294 cm³/mol. The van der Waals surface area contributed by atoms with E-state index in [4.69, 9.17) is 76.3 Å². The van der Waals surface area contributed by atoms with E-state index < -0.39 is 80.4 Å². The van der Waals surface area contributed by atoms with E-state index in [1.165, 1.54) is 36.7 Å². The van der Waals surface area contributed by atoms with Gasteiger partial charge in [-0.25, -0.2) is 0 Å². The lowest BCUT2D eigenvalue weighted by Crippen LogP contribution is -2.67. The largest absolute Gasteiger partial charge is 0.419 e. The molecule has 14 radical (unpaired) electrons. The van der Waals surface area contributed by atoms with Crippen LogP contribution < -0.4 is 11.1 Å². The number of nitrogens with one attached hydrogen (secondary N) is 1. The highest BCUT2D eigenvalue weighted by Gasteiger charge is 2.69. The summed E-state index contributed by atoms with van der Waals surface area (Å²) in [6, 6.07) is 19.8. The molecule has 0 heterocycles. The van der Waals surface area contributed by atoms with Crippen molar-refractivity contribution >= 4 is 123 Å². The second kappa shape index (κ2) is 35.2. The van der Waals surface area contributed by atoms with E-state index in [0.29, 0.717) is 60.6 Å². The van der Waals surface area contributed by atoms with E-state index in [2.05, 4.69) is 24.9 Å². The minimum Gasteiger partial charge on any atom is -0.339 e. The summed E-state index contributed by atoms with van der Waals surface area (Å²) in [6.07, 6.45) is -14.7. The van der Waals surface area contributed by atoms with Crippen LogP contribution in [0.1, 0.15) is 89.3 Å². The Labute approximate surface area is 448 Å². The number of amides is 2. The van der Waals surface area contributed by atoms with Gasteiger partial charge in [-0.05, 0) is 119 Å². The van der Waals surface area contributed by atoms with Crippen molar-refractivity contribution in [3.05, 3.63) is 106 Å².